The second-order valence-electron chi connectivity index (χ2n) is 5.77. The highest BCUT2D eigenvalue weighted by atomic mass is 79.9. The number of anilines is 1. The first-order valence-electron chi connectivity index (χ1n) is 8.04. The molecule has 2 aromatic carbocycles. The Kier molecular flexibility index (Phi) is 6.17. The lowest BCUT2D eigenvalue weighted by Gasteiger charge is -2.11. The van der Waals surface area contributed by atoms with Gasteiger partial charge in [0.15, 0.2) is 5.82 Å². The molecule has 10 heteroatoms. The smallest absolute Gasteiger partial charge is 0.266 e. The van der Waals surface area contributed by atoms with Crippen LogP contribution in [0.1, 0.15) is 5.56 Å². The van der Waals surface area contributed by atoms with E-state index >= 15 is 0 Å². The summed E-state index contributed by atoms with van der Waals surface area (Å²) in [6.07, 6.45) is 1.69. The average molecular weight is 487 g/mol. The fourth-order valence-corrected chi connectivity index (χ4v) is 4.34. The number of halogens is 2. The molecule has 1 aromatic heterocycles. The third-order valence-electron chi connectivity index (χ3n) is 3.87. The van der Waals surface area contributed by atoms with Crippen LogP contribution in [-0.4, -0.2) is 32.4 Å². The second-order valence-corrected chi connectivity index (χ2v) is 8.71. The number of benzene rings is 2. The van der Waals surface area contributed by atoms with E-state index in [0.29, 0.717) is 21.8 Å². The molecule has 0 saturated heterocycles. The third-order valence-corrected chi connectivity index (χ3v) is 6.08. The van der Waals surface area contributed by atoms with Gasteiger partial charge >= 0.3 is 0 Å². The van der Waals surface area contributed by atoms with Crippen molar-refractivity contribution in [1.29, 1.82) is 0 Å². The van der Waals surface area contributed by atoms with Crippen molar-refractivity contribution >= 4 is 43.4 Å². The number of hydrogen-bond donors (Lipinski definition) is 1. The Hall–Kier alpha value is -2.23. The maximum atomic E-state index is 12.8. The minimum Gasteiger partial charge on any atom is -0.497 e. The minimum absolute atomic E-state index is 0.0186. The molecule has 0 aliphatic heterocycles. The zero-order valence-electron chi connectivity index (χ0n) is 15.0. The van der Waals surface area contributed by atoms with E-state index < -0.39 is 10.0 Å². The molecule has 0 aliphatic carbocycles. The van der Waals surface area contributed by atoms with Crippen LogP contribution in [0.5, 0.6) is 11.5 Å². The Morgan fingerprint density at radius 1 is 1.14 bits per heavy atom. The first kappa shape index (κ1) is 20.5. The highest BCUT2D eigenvalue weighted by molar-refractivity contribution is 9.10. The Labute approximate surface area is 176 Å². The van der Waals surface area contributed by atoms with E-state index in [9.17, 15) is 8.42 Å². The summed E-state index contributed by atoms with van der Waals surface area (Å²) in [4.78, 5) is -0.0186. The van der Waals surface area contributed by atoms with Crippen LogP contribution >= 0.6 is 27.5 Å². The predicted octanol–water partition coefficient (Wildman–Crippen LogP) is 4.17. The molecule has 148 valence electrons. The van der Waals surface area contributed by atoms with Gasteiger partial charge in [0.1, 0.15) is 16.4 Å². The molecular formula is C18H17BrClN3O4S. The summed E-state index contributed by atoms with van der Waals surface area (Å²) in [6.45, 7) is 0.462. The van der Waals surface area contributed by atoms with E-state index in [0.717, 1.165) is 5.56 Å². The van der Waals surface area contributed by atoms with E-state index in [2.05, 4.69) is 25.8 Å². The molecule has 3 aromatic rings. The summed E-state index contributed by atoms with van der Waals surface area (Å²) in [5.74, 6) is 0.833. The molecule has 28 heavy (non-hydrogen) atoms. The van der Waals surface area contributed by atoms with Gasteiger partial charge in [-0.25, -0.2) is 8.42 Å². The van der Waals surface area contributed by atoms with E-state index in [1.807, 2.05) is 12.1 Å². The van der Waals surface area contributed by atoms with Gasteiger partial charge in [0.2, 0.25) is 0 Å². The highest BCUT2D eigenvalue weighted by Crippen LogP contribution is 2.31. The summed E-state index contributed by atoms with van der Waals surface area (Å²) in [6, 6.07) is 11.8. The molecule has 7 nitrogen and oxygen atoms in total. The number of aromatic nitrogens is 2. The molecule has 0 fully saturated rings. The SMILES string of the molecule is COc1ccc(S(=O)(=O)Nc2nn(Cc3ccc(Cl)cc3)cc2Br)c(OC)c1. The molecular weight excluding hydrogens is 470 g/mol. The Balaban J connectivity index is 1.85. The van der Waals surface area contributed by atoms with E-state index in [1.54, 1.807) is 29.1 Å². The molecule has 0 aliphatic rings. The lowest BCUT2D eigenvalue weighted by Crippen LogP contribution is -2.15. The van der Waals surface area contributed by atoms with E-state index in [-0.39, 0.29) is 16.5 Å². The highest BCUT2D eigenvalue weighted by Gasteiger charge is 2.23. The van der Waals surface area contributed by atoms with Crippen LogP contribution in [0.3, 0.4) is 0 Å². The molecule has 1 N–H and O–H groups in total. The Morgan fingerprint density at radius 2 is 1.86 bits per heavy atom. The second kappa shape index (κ2) is 8.42. The minimum atomic E-state index is -3.92. The van der Waals surface area contributed by atoms with Crippen molar-refractivity contribution in [2.45, 2.75) is 11.4 Å². The van der Waals surface area contributed by atoms with Gasteiger partial charge in [0.25, 0.3) is 10.0 Å². The van der Waals surface area contributed by atoms with Gasteiger partial charge in [-0.2, -0.15) is 5.10 Å². The van der Waals surface area contributed by atoms with Crippen molar-refractivity contribution in [1.82, 2.24) is 9.78 Å². The number of sulfonamides is 1. The largest absolute Gasteiger partial charge is 0.497 e. The van der Waals surface area contributed by atoms with Crippen LogP contribution in [0.4, 0.5) is 5.82 Å². The van der Waals surface area contributed by atoms with Crippen LogP contribution in [0.2, 0.25) is 5.02 Å². The molecule has 1 heterocycles. The van der Waals surface area contributed by atoms with Gasteiger partial charge in [-0.3, -0.25) is 9.40 Å². The zero-order valence-corrected chi connectivity index (χ0v) is 18.2. The molecule has 0 unspecified atom stereocenters. The predicted molar refractivity (Wildman–Crippen MR) is 111 cm³/mol. The molecule has 0 atom stereocenters. The van der Waals surface area contributed by atoms with Crippen molar-refractivity contribution in [3.8, 4) is 11.5 Å². The summed E-state index contributed by atoms with van der Waals surface area (Å²) < 4.78 is 40.5. The van der Waals surface area contributed by atoms with Gasteiger partial charge < -0.3 is 9.47 Å². The molecule has 0 spiro atoms. The first-order chi connectivity index (χ1) is 13.3. The van der Waals surface area contributed by atoms with E-state index in [1.165, 1.54) is 26.4 Å². The number of rotatable bonds is 7. The van der Waals surface area contributed by atoms with Crippen LogP contribution in [-0.2, 0) is 16.6 Å². The summed E-state index contributed by atoms with van der Waals surface area (Å²) in [7, 11) is -1.04. The monoisotopic (exact) mass is 485 g/mol. The van der Waals surface area contributed by atoms with Crippen molar-refractivity contribution in [2.24, 2.45) is 0 Å². The lowest BCUT2D eigenvalue weighted by molar-refractivity contribution is 0.386. The number of nitrogens with one attached hydrogen (secondary N) is 1. The van der Waals surface area contributed by atoms with Gasteiger partial charge in [-0.05, 0) is 45.8 Å². The summed E-state index contributed by atoms with van der Waals surface area (Å²) >= 11 is 9.24. The first-order valence-corrected chi connectivity index (χ1v) is 10.7. The van der Waals surface area contributed by atoms with E-state index in [4.69, 9.17) is 21.1 Å². The number of methoxy groups -OCH3 is 2. The topological polar surface area (TPSA) is 82.5 Å². The maximum absolute atomic E-state index is 12.8. The Bertz CT molecular complexity index is 1080. The lowest BCUT2D eigenvalue weighted by atomic mass is 10.2. The molecule has 0 saturated carbocycles. The van der Waals surface area contributed by atoms with Crippen LogP contribution < -0.4 is 14.2 Å². The molecule has 0 amide bonds. The van der Waals surface area contributed by atoms with Crippen LogP contribution in [0.15, 0.2) is 58.0 Å². The van der Waals surface area contributed by atoms with Crippen LogP contribution in [0.25, 0.3) is 0 Å². The van der Waals surface area contributed by atoms with Crippen molar-refractivity contribution in [3.05, 3.63) is 63.7 Å². The quantitative estimate of drug-likeness (QED) is 0.542. The molecule has 0 bridgehead atoms. The van der Waals surface area contributed by atoms with Gasteiger partial charge in [-0.15, -0.1) is 0 Å². The summed E-state index contributed by atoms with van der Waals surface area (Å²) in [5, 5.41) is 4.95. The Morgan fingerprint density at radius 3 is 2.50 bits per heavy atom. The number of hydrogen-bond acceptors (Lipinski definition) is 5. The van der Waals surface area contributed by atoms with Gasteiger partial charge in [0.05, 0.1) is 25.2 Å². The fraction of sp³-hybridized carbons (Fsp3) is 0.167. The molecule has 0 radical (unpaired) electrons. The zero-order chi connectivity index (χ0) is 20.3. The average Bonchev–Trinajstić information content (AvgIpc) is 3.01. The van der Waals surface area contributed by atoms with Crippen molar-refractivity contribution in [3.63, 3.8) is 0 Å². The maximum Gasteiger partial charge on any atom is 0.266 e. The number of nitrogens with zero attached hydrogens (tertiary/aromatic N) is 2. The van der Waals surface area contributed by atoms with Crippen molar-refractivity contribution in [2.75, 3.05) is 18.9 Å². The van der Waals surface area contributed by atoms with Gasteiger partial charge in [-0.1, -0.05) is 23.7 Å². The molecule has 3 rings (SSSR count). The van der Waals surface area contributed by atoms with Crippen LogP contribution in [0, 0.1) is 0 Å². The normalized spacial score (nSPS) is 11.3. The number of ether oxygens (including phenoxy) is 2. The summed E-state index contributed by atoms with van der Waals surface area (Å²) in [5.41, 5.74) is 0.977. The van der Waals surface area contributed by atoms with Gasteiger partial charge in [0, 0.05) is 17.3 Å². The standard InChI is InChI=1S/C18H17BrClN3O4S/c1-26-14-7-8-17(16(9-14)27-2)28(24,25)22-18-15(19)11-23(21-18)10-12-3-5-13(20)6-4-12/h3-9,11H,10H2,1-2H3,(H,21,22). The third kappa shape index (κ3) is 4.60. The van der Waals surface area contributed by atoms with Crippen molar-refractivity contribution < 1.29 is 17.9 Å². The fourth-order valence-electron chi connectivity index (χ4n) is 2.50.